The molecule has 0 spiro atoms. The highest BCUT2D eigenvalue weighted by atomic mass is 35.5. The molecule has 1 heterocycles. The molecular weight excluding hydrogens is 460 g/mol. The molecule has 172 valence electrons. The zero-order valence-corrected chi connectivity index (χ0v) is 20.0. The normalized spacial score (nSPS) is 10.5. The maximum atomic E-state index is 12.8. The minimum atomic E-state index is -0.351. The predicted octanol–water partition coefficient (Wildman–Crippen LogP) is 4.78. The van der Waals surface area contributed by atoms with Gasteiger partial charge >= 0.3 is 0 Å². The molecule has 0 saturated heterocycles. The van der Waals surface area contributed by atoms with Crippen molar-refractivity contribution in [1.82, 2.24) is 9.88 Å². The number of anilines is 2. The molecule has 7 nitrogen and oxygen atoms in total. The fourth-order valence-corrected chi connectivity index (χ4v) is 3.93. The van der Waals surface area contributed by atoms with Gasteiger partial charge in [-0.05, 0) is 49.7 Å². The Morgan fingerprint density at radius 3 is 2.36 bits per heavy atom. The second-order valence-electron chi connectivity index (χ2n) is 7.52. The molecule has 0 bridgehead atoms. The summed E-state index contributed by atoms with van der Waals surface area (Å²) >= 11 is 7.13. The molecule has 9 heteroatoms. The highest BCUT2D eigenvalue weighted by molar-refractivity contribution is 7.13. The molecule has 0 aliphatic heterocycles. The molecule has 1 aromatic heterocycles. The summed E-state index contributed by atoms with van der Waals surface area (Å²) in [5.74, 6) is -0.781. The summed E-state index contributed by atoms with van der Waals surface area (Å²) in [6.45, 7) is 4.26. The van der Waals surface area contributed by atoms with Gasteiger partial charge in [0.25, 0.3) is 5.91 Å². The Morgan fingerprint density at radius 1 is 1.00 bits per heavy atom. The van der Waals surface area contributed by atoms with Crippen molar-refractivity contribution in [3.8, 4) is 0 Å². The summed E-state index contributed by atoms with van der Waals surface area (Å²) in [7, 11) is 0. The lowest BCUT2D eigenvalue weighted by Crippen LogP contribution is -2.38. The zero-order chi connectivity index (χ0) is 23.8. The van der Waals surface area contributed by atoms with Gasteiger partial charge in [-0.2, -0.15) is 0 Å². The van der Waals surface area contributed by atoms with Gasteiger partial charge in [-0.1, -0.05) is 36.2 Å². The number of nitrogens with one attached hydrogen (secondary N) is 2. The van der Waals surface area contributed by atoms with Crippen LogP contribution in [0.3, 0.4) is 0 Å². The summed E-state index contributed by atoms with van der Waals surface area (Å²) < 4.78 is 0. The van der Waals surface area contributed by atoms with Gasteiger partial charge < -0.3 is 15.5 Å². The lowest BCUT2D eigenvalue weighted by atomic mass is 10.2. The smallest absolute Gasteiger partial charge is 0.254 e. The van der Waals surface area contributed by atoms with Crippen LogP contribution in [0.2, 0.25) is 5.02 Å². The maximum Gasteiger partial charge on any atom is 0.254 e. The Bertz CT molecular complexity index is 1110. The Hall–Kier alpha value is -3.23. The molecule has 3 rings (SSSR count). The van der Waals surface area contributed by atoms with E-state index in [2.05, 4.69) is 15.6 Å². The molecule has 0 radical (unpaired) electrons. The van der Waals surface area contributed by atoms with E-state index in [0.717, 1.165) is 11.3 Å². The molecule has 0 unspecified atom stereocenters. The van der Waals surface area contributed by atoms with Crippen molar-refractivity contribution in [2.45, 2.75) is 26.7 Å². The average Bonchev–Trinajstić information content (AvgIpc) is 3.21. The topological polar surface area (TPSA) is 91.4 Å². The van der Waals surface area contributed by atoms with Crippen LogP contribution in [0, 0.1) is 6.92 Å². The molecule has 33 heavy (non-hydrogen) atoms. The number of amides is 3. The number of halogens is 1. The van der Waals surface area contributed by atoms with Crippen LogP contribution in [-0.4, -0.2) is 40.7 Å². The van der Waals surface area contributed by atoms with Gasteiger partial charge in [0.05, 0.1) is 12.1 Å². The minimum absolute atomic E-state index is 0.0945. The summed E-state index contributed by atoms with van der Waals surface area (Å²) in [6.07, 6.45) is 0.807. The molecule has 0 atom stereocenters. The Kier molecular flexibility index (Phi) is 8.57. The van der Waals surface area contributed by atoms with Gasteiger partial charge in [-0.25, -0.2) is 4.98 Å². The van der Waals surface area contributed by atoms with Crippen molar-refractivity contribution in [1.29, 1.82) is 0 Å². The molecule has 3 aromatic rings. The average molecular weight is 485 g/mol. The van der Waals surface area contributed by atoms with E-state index in [4.69, 9.17) is 11.6 Å². The van der Waals surface area contributed by atoms with Crippen molar-refractivity contribution >= 4 is 51.5 Å². The number of hydrogen-bond donors (Lipinski definition) is 2. The second kappa shape index (κ2) is 11.6. The first-order valence-corrected chi connectivity index (χ1v) is 11.8. The Balaban J connectivity index is 1.55. The third kappa shape index (κ3) is 7.40. The van der Waals surface area contributed by atoms with Crippen molar-refractivity contribution in [2.24, 2.45) is 0 Å². The first-order chi connectivity index (χ1) is 15.8. The summed E-state index contributed by atoms with van der Waals surface area (Å²) in [5.41, 5.74) is 2.86. The maximum absolute atomic E-state index is 12.8. The second-order valence-corrected chi connectivity index (χ2v) is 8.81. The molecule has 2 N–H and O–H groups in total. The quantitative estimate of drug-likeness (QED) is 0.457. The molecule has 2 aromatic carbocycles. The predicted molar refractivity (Wildman–Crippen MR) is 132 cm³/mol. The van der Waals surface area contributed by atoms with Crippen molar-refractivity contribution < 1.29 is 14.4 Å². The number of hydrogen-bond acceptors (Lipinski definition) is 5. The molecule has 0 fully saturated rings. The number of rotatable bonds is 9. The van der Waals surface area contributed by atoms with E-state index in [1.54, 1.807) is 29.6 Å². The number of aryl methyl sites for hydroxylation is 1. The van der Waals surface area contributed by atoms with E-state index in [-0.39, 0.29) is 30.7 Å². The molecule has 0 saturated carbocycles. The molecule has 0 aliphatic rings. The van der Waals surface area contributed by atoms with Gasteiger partial charge in [-0.3, -0.25) is 14.4 Å². The largest absolute Gasteiger partial charge is 0.329 e. The van der Waals surface area contributed by atoms with E-state index in [9.17, 15) is 14.4 Å². The van der Waals surface area contributed by atoms with E-state index >= 15 is 0 Å². The highest BCUT2D eigenvalue weighted by Crippen LogP contribution is 2.17. The molecule has 0 aliphatic carbocycles. The number of carbonyl (C=O) groups is 3. The van der Waals surface area contributed by atoms with E-state index in [1.807, 2.05) is 38.1 Å². The zero-order valence-electron chi connectivity index (χ0n) is 18.4. The van der Waals surface area contributed by atoms with Crippen LogP contribution in [0.25, 0.3) is 0 Å². The standard InChI is InChI=1S/C24H25ClN4O3S/c1-3-12-29(23(32)17-6-8-18(25)9-7-17)14-22(31)28-24-27-20(15-33-24)13-21(30)26-19-10-4-16(2)5-11-19/h4-11,15H,3,12-14H2,1-2H3,(H,26,30)(H,27,28,31). The number of nitrogens with zero attached hydrogens (tertiary/aromatic N) is 2. The number of thiazole rings is 1. The summed E-state index contributed by atoms with van der Waals surface area (Å²) in [4.78, 5) is 43.4. The van der Waals surface area contributed by atoms with Crippen LogP contribution in [0.1, 0.15) is 35.0 Å². The Labute approximate surface area is 201 Å². The van der Waals surface area contributed by atoms with Gasteiger partial charge in [-0.15, -0.1) is 11.3 Å². The van der Waals surface area contributed by atoms with Crippen LogP contribution in [-0.2, 0) is 16.0 Å². The van der Waals surface area contributed by atoms with Gasteiger partial charge in [0.15, 0.2) is 5.13 Å². The number of benzene rings is 2. The third-order valence-corrected chi connectivity index (χ3v) is 5.74. The summed E-state index contributed by atoms with van der Waals surface area (Å²) in [6, 6.07) is 14.1. The lowest BCUT2D eigenvalue weighted by molar-refractivity contribution is -0.117. The molecular formula is C24H25ClN4O3S. The van der Waals surface area contributed by atoms with E-state index in [0.29, 0.717) is 34.4 Å². The molecule has 3 amide bonds. The minimum Gasteiger partial charge on any atom is -0.329 e. The van der Waals surface area contributed by atoms with Crippen LogP contribution in [0.5, 0.6) is 0 Å². The van der Waals surface area contributed by atoms with Crippen molar-refractivity contribution in [2.75, 3.05) is 23.7 Å². The third-order valence-electron chi connectivity index (χ3n) is 4.68. The number of aromatic nitrogens is 1. The lowest BCUT2D eigenvalue weighted by Gasteiger charge is -2.21. The van der Waals surface area contributed by atoms with Crippen LogP contribution >= 0.6 is 22.9 Å². The van der Waals surface area contributed by atoms with E-state index in [1.165, 1.54) is 16.2 Å². The van der Waals surface area contributed by atoms with Crippen molar-refractivity contribution in [3.63, 3.8) is 0 Å². The number of carbonyl (C=O) groups excluding carboxylic acids is 3. The van der Waals surface area contributed by atoms with Crippen molar-refractivity contribution in [3.05, 3.63) is 75.8 Å². The van der Waals surface area contributed by atoms with Crippen LogP contribution in [0.4, 0.5) is 10.8 Å². The fourth-order valence-electron chi connectivity index (χ4n) is 3.08. The van der Waals surface area contributed by atoms with Gasteiger partial charge in [0, 0.05) is 28.2 Å². The fraction of sp³-hybridized carbons (Fsp3) is 0.250. The van der Waals surface area contributed by atoms with E-state index < -0.39 is 0 Å². The van der Waals surface area contributed by atoms with Gasteiger partial charge in [0.2, 0.25) is 11.8 Å². The van der Waals surface area contributed by atoms with Crippen LogP contribution in [0.15, 0.2) is 53.9 Å². The SMILES string of the molecule is CCCN(CC(=O)Nc1nc(CC(=O)Nc2ccc(C)cc2)cs1)C(=O)c1ccc(Cl)cc1. The first kappa shape index (κ1) is 24.4. The van der Waals surface area contributed by atoms with Crippen LogP contribution < -0.4 is 10.6 Å². The Morgan fingerprint density at radius 2 is 1.70 bits per heavy atom. The summed E-state index contributed by atoms with van der Waals surface area (Å²) in [5, 5.41) is 8.20. The highest BCUT2D eigenvalue weighted by Gasteiger charge is 2.19. The van der Waals surface area contributed by atoms with Gasteiger partial charge in [0.1, 0.15) is 6.54 Å². The first-order valence-electron chi connectivity index (χ1n) is 10.5. The monoisotopic (exact) mass is 484 g/mol.